The van der Waals surface area contributed by atoms with Gasteiger partial charge in [-0.1, -0.05) is 44.2 Å². The van der Waals surface area contributed by atoms with Gasteiger partial charge < -0.3 is 9.73 Å². The van der Waals surface area contributed by atoms with Crippen molar-refractivity contribution in [2.75, 3.05) is 0 Å². The van der Waals surface area contributed by atoms with Crippen LogP contribution in [-0.4, -0.2) is 6.04 Å². The van der Waals surface area contributed by atoms with Gasteiger partial charge in [0.25, 0.3) is 0 Å². The predicted molar refractivity (Wildman–Crippen MR) is 83.6 cm³/mol. The molecule has 1 aromatic heterocycles. The van der Waals surface area contributed by atoms with Crippen molar-refractivity contribution in [1.82, 2.24) is 5.32 Å². The maximum atomic E-state index is 14.2. The molecular weight excluding hydrogens is 265 g/mol. The standard InChI is InChI=1S/C18H18FNO/c1-12(2)20-11-15-8-7-14(9-16(15)19)18-10-13-5-3-4-6-17(13)21-18/h3-10,12,20H,11H2,1-2H3. The Morgan fingerprint density at radius 1 is 1.10 bits per heavy atom. The molecule has 0 aliphatic heterocycles. The molecule has 0 aliphatic rings. The van der Waals surface area contributed by atoms with Gasteiger partial charge in [-0.2, -0.15) is 0 Å². The highest BCUT2D eigenvalue weighted by Crippen LogP contribution is 2.28. The number of hydrogen-bond donors (Lipinski definition) is 1. The highest BCUT2D eigenvalue weighted by atomic mass is 19.1. The van der Waals surface area contributed by atoms with Crippen LogP contribution in [-0.2, 0) is 6.54 Å². The molecule has 108 valence electrons. The fourth-order valence-electron chi connectivity index (χ4n) is 2.28. The summed E-state index contributed by atoms with van der Waals surface area (Å²) in [6.07, 6.45) is 0. The van der Waals surface area contributed by atoms with E-state index < -0.39 is 0 Å². The monoisotopic (exact) mass is 283 g/mol. The van der Waals surface area contributed by atoms with Crippen molar-refractivity contribution in [3.8, 4) is 11.3 Å². The number of para-hydroxylation sites is 1. The zero-order chi connectivity index (χ0) is 14.8. The van der Waals surface area contributed by atoms with Crippen LogP contribution in [0.4, 0.5) is 4.39 Å². The summed E-state index contributed by atoms with van der Waals surface area (Å²) in [5.41, 5.74) is 2.25. The molecule has 2 aromatic carbocycles. The van der Waals surface area contributed by atoms with Crippen molar-refractivity contribution in [3.63, 3.8) is 0 Å². The Kier molecular flexibility index (Phi) is 3.76. The first kappa shape index (κ1) is 13.8. The predicted octanol–water partition coefficient (Wildman–Crippen LogP) is 4.74. The molecule has 3 rings (SSSR count). The van der Waals surface area contributed by atoms with Gasteiger partial charge in [-0.3, -0.25) is 0 Å². The first-order valence-corrected chi connectivity index (χ1v) is 7.14. The lowest BCUT2D eigenvalue weighted by molar-refractivity contribution is 0.552. The second-order valence-electron chi connectivity index (χ2n) is 5.49. The zero-order valence-electron chi connectivity index (χ0n) is 12.2. The number of rotatable bonds is 4. The van der Waals surface area contributed by atoms with Crippen LogP contribution in [0.3, 0.4) is 0 Å². The van der Waals surface area contributed by atoms with Gasteiger partial charge in [-0.05, 0) is 18.2 Å². The highest BCUT2D eigenvalue weighted by Gasteiger charge is 2.09. The number of hydrogen-bond acceptors (Lipinski definition) is 2. The molecule has 0 radical (unpaired) electrons. The molecule has 3 heteroatoms. The summed E-state index contributed by atoms with van der Waals surface area (Å²) >= 11 is 0. The second-order valence-corrected chi connectivity index (χ2v) is 5.49. The molecule has 0 unspecified atom stereocenters. The molecule has 0 amide bonds. The quantitative estimate of drug-likeness (QED) is 0.748. The zero-order valence-corrected chi connectivity index (χ0v) is 12.2. The van der Waals surface area contributed by atoms with E-state index in [4.69, 9.17) is 4.42 Å². The third-order valence-electron chi connectivity index (χ3n) is 3.46. The van der Waals surface area contributed by atoms with Gasteiger partial charge in [0.15, 0.2) is 0 Å². The van der Waals surface area contributed by atoms with E-state index in [1.807, 2.05) is 56.3 Å². The van der Waals surface area contributed by atoms with E-state index in [0.717, 1.165) is 16.5 Å². The van der Waals surface area contributed by atoms with Crippen LogP contribution in [0.15, 0.2) is 52.9 Å². The van der Waals surface area contributed by atoms with E-state index >= 15 is 0 Å². The normalized spacial score (nSPS) is 11.4. The Morgan fingerprint density at radius 2 is 1.90 bits per heavy atom. The number of nitrogens with one attached hydrogen (secondary N) is 1. The van der Waals surface area contributed by atoms with Crippen molar-refractivity contribution in [2.24, 2.45) is 0 Å². The molecule has 0 atom stereocenters. The molecule has 0 bridgehead atoms. The molecule has 1 N–H and O–H groups in total. The van der Waals surface area contributed by atoms with Crippen molar-refractivity contribution < 1.29 is 8.81 Å². The maximum Gasteiger partial charge on any atom is 0.135 e. The Labute approximate surface area is 123 Å². The van der Waals surface area contributed by atoms with Crippen LogP contribution >= 0.6 is 0 Å². The molecule has 0 spiro atoms. The summed E-state index contributed by atoms with van der Waals surface area (Å²) in [5, 5.41) is 4.25. The van der Waals surface area contributed by atoms with Gasteiger partial charge in [0.2, 0.25) is 0 Å². The molecule has 21 heavy (non-hydrogen) atoms. The van der Waals surface area contributed by atoms with Gasteiger partial charge in [0.05, 0.1) is 0 Å². The van der Waals surface area contributed by atoms with Crippen molar-refractivity contribution in [1.29, 1.82) is 0 Å². The van der Waals surface area contributed by atoms with Crippen LogP contribution in [0.5, 0.6) is 0 Å². The Balaban J connectivity index is 1.90. The van der Waals surface area contributed by atoms with Gasteiger partial charge >= 0.3 is 0 Å². The average molecular weight is 283 g/mol. The molecular formula is C18H18FNO. The van der Waals surface area contributed by atoms with Gasteiger partial charge in [-0.15, -0.1) is 0 Å². The Hall–Kier alpha value is -2.13. The van der Waals surface area contributed by atoms with Crippen LogP contribution in [0.2, 0.25) is 0 Å². The van der Waals surface area contributed by atoms with Crippen LogP contribution < -0.4 is 5.32 Å². The van der Waals surface area contributed by atoms with Crippen molar-refractivity contribution in [3.05, 3.63) is 59.9 Å². The molecule has 0 saturated heterocycles. The first-order chi connectivity index (χ1) is 10.1. The lowest BCUT2D eigenvalue weighted by Crippen LogP contribution is -2.22. The molecule has 3 aromatic rings. The van der Waals surface area contributed by atoms with E-state index in [9.17, 15) is 4.39 Å². The minimum absolute atomic E-state index is 0.207. The summed E-state index contributed by atoms with van der Waals surface area (Å²) in [7, 11) is 0. The third-order valence-corrected chi connectivity index (χ3v) is 3.46. The minimum atomic E-state index is -0.207. The fourth-order valence-corrected chi connectivity index (χ4v) is 2.28. The lowest BCUT2D eigenvalue weighted by atomic mass is 10.1. The van der Waals surface area contributed by atoms with Crippen LogP contribution in [0.1, 0.15) is 19.4 Å². The Bertz CT molecular complexity index is 728. The molecule has 2 nitrogen and oxygen atoms in total. The van der Waals surface area contributed by atoms with Crippen molar-refractivity contribution >= 4 is 11.0 Å². The molecule has 0 fully saturated rings. The van der Waals surface area contributed by atoms with Crippen LogP contribution in [0.25, 0.3) is 22.3 Å². The number of fused-ring (bicyclic) bond motifs is 1. The molecule has 1 heterocycles. The molecule has 0 aliphatic carbocycles. The molecule has 0 saturated carbocycles. The largest absolute Gasteiger partial charge is 0.456 e. The van der Waals surface area contributed by atoms with E-state index in [0.29, 0.717) is 23.9 Å². The SMILES string of the molecule is CC(C)NCc1ccc(-c2cc3ccccc3o2)cc1F. The van der Waals surface area contributed by atoms with Gasteiger partial charge in [-0.25, -0.2) is 4.39 Å². The van der Waals surface area contributed by atoms with Gasteiger partial charge in [0, 0.05) is 29.1 Å². The smallest absolute Gasteiger partial charge is 0.135 e. The average Bonchev–Trinajstić information content (AvgIpc) is 2.89. The summed E-state index contributed by atoms with van der Waals surface area (Å²) in [5.74, 6) is 0.486. The maximum absolute atomic E-state index is 14.2. The van der Waals surface area contributed by atoms with Crippen LogP contribution in [0, 0.1) is 5.82 Å². The number of benzene rings is 2. The summed E-state index contributed by atoms with van der Waals surface area (Å²) in [4.78, 5) is 0. The van der Waals surface area contributed by atoms with E-state index in [1.165, 1.54) is 6.07 Å². The Morgan fingerprint density at radius 3 is 2.62 bits per heavy atom. The van der Waals surface area contributed by atoms with E-state index in [-0.39, 0.29) is 5.82 Å². The third kappa shape index (κ3) is 2.98. The minimum Gasteiger partial charge on any atom is -0.456 e. The van der Waals surface area contributed by atoms with E-state index in [1.54, 1.807) is 0 Å². The summed E-state index contributed by atoms with van der Waals surface area (Å²) < 4.78 is 19.9. The van der Waals surface area contributed by atoms with Crippen molar-refractivity contribution in [2.45, 2.75) is 26.4 Å². The van der Waals surface area contributed by atoms with E-state index in [2.05, 4.69) is 5.32 Å². The second kappa shape index (κ2) is 5.70. The fraction of sp³-hybridized carbons (Fsp3) is 0.222. The van der Waals surface area contributed by atoms with Gasteiger partial charge in [0.1, 0.15) is 17.2 Å². The topological polar surface area (TPSA) is 25.2 Å². The highest BCUT2D eigenvalue weighted by molar-refractivity contribution is 5.82. The first-order valence-electron chi connectivity index (χ1n) is 7.14. The summed E-state index contributed by atoms with van der Waals surface area (Å²) in [6, 6.07) is 15.3. The number of halogens is 1. The lowest BCUT2D eigenvalue weighted by Gasteiger charge is -2.09. The number of furan rings is 1. The summed E-state index contributed by atoms with van der Waals surface area (Å²) in [6.45, 7) is 4.62.